The molecule has 0 bridgehead atoms. The van der Waals surface area contributed by atoms with Crippen molar-refractivity contribution in [2.75, 3.05) is 0 Å². The third kappa shape index (κ3) is 5.79. The van der Waals surface area contributed by atoms with Crippen LogP contribution in [0.3, 0.4) is 0 Å². The van der Waals surface area contributed by atoms with Crippen molar-refractivity contribution in [1.29, 1.82) is 0 Å². The number of alkyl halides is 3. The van der Waals surface area contributed by atoms with Gasteiger partial charge in [0.25, 0.3) is 0 Å². The lowest BCUT2D eigenvalue weighted by Gasteiger charge is -2.11. The lowest BCUT2D eigenvalue weighted by Crippen LogP contribution is -2.14. The van der Waals surface area contributed by atoms with Gasteiger partial charge in [-0.3, -0.25) is 0 Å². The second-order valence-electron chi connectivity index (χ2n) is 3.43. The number of aliphatic hydroxyl groups excluding tert-OH is 1. The Morgan fingerprint density at radius 3 is 2.60 bits per heavy atom. The Morgan fingerprint density at radius 2 is 2.07 bits per heavy atom. The largest absolute Gasteiger partial charge is 0.393 e. The van der Waals surface area contributed by atoms with E-state index in [1.165, 1.54) is 0 Å². The molecule has 1 unspecified atom stereocenters. The summed E-state index contributed by atoms with van der Waals surface area (Å²) in [5.74, 6) is 0. The van der Waals surface area contributed by atoms with Gasteiger partial charge in [-0.1, -0.05) is 6.07 Å². The molecule has 1 N–H and O–H groups in total. The van der Waals surface area contributed by atoms with Crippen LogP contribution in [0.4, 0.5) is 13.2 Å². The third-order valence-electron chi connectivity index (χ3n) is 2.07. The van der Waals surface area contributed by atoms with Crippen LogP contribution in [0.15, 0.2) is 17.5 Å². The average molecular weight is 238 g/mol. The smallest absolute Gasteiger partial charge is 0.389 e. The Labute approximate surface area is 90.6 Å². The van der Waals surface area contributed by atoms with Crippen LogP contribution in [0, 0.1) is 0 Å². The van der Waals surface area contributed by atoms with Crippen LogP contribution >= 0.6 is 11.3 Å². The molecular formula is C10H13F3OS. The van der Waals surface area contributed by atoms with E-state index in [0.29, 0.717) is 12.8 Å². The van der Waals surface area contributed by atoms with Gasteiger partial charge in [0.2, 0.25) is 0 Å². The van der Waals surface area contributed by atoms with E-state index in [-0.39, 0.29) is 6.42 Å². The summed E-state index contributed by atoms with van der Waals surface area (Å²) in [6.07, 6.45) is -5.07. The lowest BCUT2D eigenvalue weighted by atomic mass is 10.1. The maximum absolute atomic E-state index is 11.8. The summed E-state index contributed by atoms with van der Waals surface area (Å²) in [7, 11) is 0. The Morgan fingerprint density at radius 1 is 1.33 bits per heavy atom. The van der Waals surface area contributed by atoms with Gasteiger partial charge < -0.3 is 5.11 Å². The molecule has 0 saturated carbocycles. The highest BCUT2D eigenvalue weighted by Gasteiger charge is 2.27. The van der Waals surface area contributed by atoms with E-state index in [4.69, 9.17) is 0 Å². The molecule has 1 aromatic rings. The molecule has 0 fully saturated rings. The molecule has 1 rings (SSSR count). The van der Waals surface area contributed by atoms with E-state index in [2.05, 4.69) is 0 Å². The highest BCUT2D eigenvalue weighted by molar-refractivity contribution is 7.09. The van der Waals surface area contributed by atoms with Gasteiger partial charge in [0.15, 0.2) is 0 Å². The fraction of sp³-hybridized carbons (Fsp3) is 0.600. The van der Waals surface area contributed by atoms with Crippen molar-refractivity contribution in [3.63, 3.8) is 0 Å². The van der Waals surface area contributed by atoms with Gasteiger partial charge >= 0.3 is 6.18 Å². The van der Waals surface area contributed by atoms with Crippen molar-refractivity contribution in [2.45, 2.75) is 38.0 Å². The van der Waals surface area contributed by atoms with Crippen molar-refractivity contribution in [3.8, 4) is 0 Å². The molecule has 86 valence electrons. The zero-order chi connectivity index (χ0) is 11.3. The summed E-state index contributed by atoms with van der Waals surface area (Å²) in [6.45, 7) is 0. The molecular weight excluding hydrogens is 225 g/mol. The summed E-state index contributed by atoms with van der Waals surface area (Å²) < 4.78 is 35.5. The molecule has 15 heavy (non-hydrogen) atoms. The molecule has 0 aliphatic carbocycles. The fourth-order valence-corrected chi connectivity index (χ4v) is 1.96. The topological polar surface area (TPSA) is 20.2 Å². The van der Waals surface area contributed by atoms with Crippen LogP contribution in [0.1, 0.15) is 24.1 Å². The Balaban J connectivity index is 2.16. The summed E-state index contributed by atoms with van der Waals surface area (Å²) in [5.41, 5.74) is 0. The predicted octanol–water partition coefficient (Wildman–Crippen LogP) is 3.38. The number of halogens is 3. The Kier molecular flexibility index (Phi) is 4.60. The minimum absolute atomic E-state index is 0.200. The summed E-state index contributed by atoms with van der Waals surface area (Å²) in [5, 5.41) is 11.2. The van der Waals surface area contributed by atoms with Crippen LogP contribution in [0.25, 0.3) is 0 Å². The van der Waals surface area contributed by atoms with Crippen LogP contribution in [0.5, 0.6) is 0 Å². The number of rotatable bonds is 5. The first-order valence-corrected chi connectivity index (χ1v) is 5.62. The van der Waals surface area contributed by atoms with E-state index in [9.17, 15) is 18.3 Å². The number of hydrogen-bond acceptors (Lipinski definition) is 2. The highest BCUT2D eigenvalue weighted by Crippen LogP contribution is 2.23. The minimum Gasteiger partial charge on any atom is -0.393 e. The van der Waals surface area contributed by atoms with Gasteiger partial charge in [-0.25, -0.2) is 0 Å². The molecule has 0 saturated heterocycles. The molecule has 1 aromatic heterocycles. The van der Waals surface area contributed by atoms with Crippen molar-refractivity contribution in [3.05, 3.63) is 22.4 Å². The van der Waals surface area contributed by atoms with Crippen LogP contribution in [0.2, 0.25) is 0 Å². The molecule has 0 spiro atoms. The maximum Gasteiger partial charge on any atom is 0.389 e. The van der Waals surface area contributed by atoms with E-state index in [1.54, 1.807) is 11.3 Å². The average Bonchev–Trinajstić information content (AvgIpc) is 2.62. The first-order valence-electron chi connectivity index (χ1n) is 4.74. The lowest BCUT2D eigenvalue weighted by molar-refractivity contribution is -0.140. The maximum atomic E-state index is 11.8. The van der Waals surface area contributed by atoms with E-state index < -0.39 is 18.7 Å². The van der Waals surface area contributed by atoms with Gasteiger partial charge in [-0.05, 0) is 30.7 Å². The summed E-state index contributed by atoms with van der Waals surface area (Å²) in [6, 6.07) is 3.81. The van der Waals surface area contributed by atoms with Crippen LogP contribution in [-0.2, 0) is 6.42 Å². The molecule has 5 heteroatoms. The highest BCUT2D eigenvalue weighted by atomic mass is 32.1. The third-order valence-corrected chi connectivity index (χ3v) is 3.00. The number of hydrogen-bond donors (Lipinski definition) is 1. The van der Waals surface area contributed by atoms with Crippen LogP contribution in [-0.4, -0.2) is 17.4 Å². The fourth-order valence-electron chi connectivity index (χ4n) is 1.24. The van der Waals surface area contributed by atoms with Crippen LogP contribution < -0.4 is 0 Å². The van der Waals surface area contributed by atoms with Gasteiger partial charge in [0.05, 0.1) is 6.10 Å². The monoisotopic (exact) mass is 238 g/mol. The van der Waals surface area contributed by atoms with Crippen molar-refractivity contribution >= 4 is 11.3 Å². The Hall–Kier alpha value is -0.550. The zero-order valence-electron chi connectivity index (χ0n) is 8.13. The SMILES string of the molecule is OC(CCc1cccs1)CCC(F)(F)F. The number of aryl methyl sites for hydroxylation is 1. The summed E-state index contributed by atoms with van der Waals surface area (Å²) in [4.78, 5) is 1.10. The van der Waals surface area contributed by atoms with Crippen molar-refractivity contribution in [2.24, 2.45) is 0 Å². The van der Waals surface area contributed by atoms with Crippen molar-refractivity contribution in [1.82, 2.24) is 0 Å². The van der Waals surface area contributed by atoms with E-state index in [1.807, 2.05) is 17.5 Å². The second-order valence-corrected chi connectivity index (χ2v) is 4.46. The van der Waals surface area contributed by atoms with E-state index in [0.717, 1.165) is 4.88 Å². The minimum atomic E-state index is -4.16. The first-order chi connectivity index (χ1) is 6.97. The molecule has 1 heterocycles. The predicted molar refractivity (Wildman–Crippen MR) is 53.9 cm³/mol. The Bertz CT molecular complexity index is 269. The standard InChI is InChI=1S/C10H13F3OS/c11-10(12,13)6-5-8(14)3-4-9-2-1-7-15-9/h1-2,7-8,14H,3-6H2. The van der Waals surface area contributed by atoms with E-state index >= 15 is 0 Å². The first kappa shape index (κ1) is 12.5. The zero-order valence-corrected chi connectivity index (χ0v) is 8.94. The molecule has 0 amide bonds. The molecule has 0 aliphatic heterocycles. The van der Waals surface area contributed by atoms with Gasteiger partial charge in [0.1, 0.15) is 0 Å². The second kappa shape index (κ2) is 5.51. The summed E-state index contributed by atoms with van der Waals surface area (Å²) >= 11 is 1.56. The molecule has 1 atom stereocenters. The van der Waals surface area contributed by atoms with Gasteiger partial charge in [-0.2, -0.15) is 13.2 Å². The molecule has 0 aliphatic rings. The van der Waals surface area contributed by atoms with Gasteiger partial charge in [-0.15, -0.1) is 11.3 Å². The number of thiophene rings is 1. The molecule has 1 nitrogen and oxygen atoms in total. The normalized spacial score (nSPS) is 14.1. The quantitative estimate of drug-likeness (QED) is 0.833. The molecule has 0 aromatic carbocycles. The van der Waals surface area contributed by atoms with Crippen molar-refractivity contribution < 1.29 is 18.3 Å². The number of aliphatic hydroxyl groups is 1. The van der Waals surface area contributed by atoms with Gasteiger partial charge in [0, 0.05) is 11.3 Å². The molecule has 0 radical (unpaired) electrons.